The van der Waals surface area contributed by atoms with Gasteiger partial charge in [-0.15, -0.1) is 11.3 Å². The first-order chi connectivity index (χ1) is 6.77. The van der Waals surface area contributed by atoms with Crippen molar-refractivity contribution in [2.75, 3.05) is 0 Å². The summed E-state index contributed by atoms with van der Waals surface area (Å²) in [6.07, 6.45) is 3.10. The Kier molecular flexibility index (Phi) is 2.91. The molecule has 0 saturated heterocycles. The molecule has 14 heavy (non-hydrogen) atoms. The molecule has 0 saturated carbocycles. The molecule has 0 bridgehead atoms. The van der Waals surface area contributed by atoms with E-state index in [-0.39, 0.29) is 0 Å². The Balaban J connectivity index is 2.09. The van der Waals surface area contributed by atoms with Crippen LogP contribution in [-0.4, -0.2) is 5.11 Å². The standard InChI is InChI=1S/C10H9ClO2S/c11-8-2-4-14-10(8)5-9(12)7-1-3-13-6-7/h1-4,6,9,12H,5H2. The molecule has 0 spiro atoms. The molecule has 4 heteroatoms. The molecule has 2 heterocycles. The van der Waals surface area contributed by atoms with Gasteiger partial charge in [-0.05, 0) is 17.5 Å². The predicted octanol–water partition coefficient (Wildman–Crippen LogP) is 3.27. The van der Waals surface area contributed by atoms with Crippen LogP contribution in [0.25, 0.3) is 0 Å². The highest BCUT2D eigenvalue weighted by atomic mass is 35.5. The van der Waals surface area contributed by atoms with Gasteiger partial charge in [0.05, 0.1) is 23.7 Å². The molecule has 0 radical (unpaired) electrons. The molecular weight excluding hydrogens is 220 g/mol. The van der Waals surface area contributed by atoms with Crippen molar-refractivity contribution in [2.24, 2.45) is 0 Å². The van der Waals surface area contributed by atoms with Crippen LogP contribution in [0.3, 0.4) is 0 Å². The van der Waals surface area contributed by atoms with Crippen LogP contribution in [0.15, 0.2) is 34.5 Å². The Morgan fingerprint density at radius 1 is 1.50 bits per heavy atom. The second-order valence-electron chi connectivity index (χ2n) is 2.97. The molecule has 2 aromatic heterocycles. The monoisotopic (exact) mass is 228 g/mol. The minimum atomic E-state index is -0.537. The highest BCUT2D eigenvalue weighted by molar-refractivity contribution is 7.10. The molecule has 74 valence electrons. The lowest BCUT2D eigenvalue weighted by molar-refractivity contribution is 0.178. The van der Waals surface area contributed by atoms with Crippen LogP contribution in [0.1, 0.15) is 16.5 Å². The molecule has 2 rings (SSSR count). The highest BCUT2D eigenvalue weighted by Gasteiger charge is 2.12. The van der Waals surface area contributed by atoms with E-state index in [2.05, 4.69) is 0 Å². The van der Waals surface area contributed by atoms with Crippen molar-refractivity contribution in [3.05, 3.63) is 45.5 Å². The third kappa shape index (κ3) is 2.00. The lowest BCUT2D eigenvalue weighted by atomic mass is 10.1. The van der Waals surface area contributed by atoms with Crippen molar-refractivity contribution in [1.29, 1.82) is 0 Å². The topological polar surface area (TPSA) is 33.4 Å². The average Bonchev–Trinajstić information content (AvgIpc) is 2.77. The Morgan fingerprint density at radius 3 is 2.93 bits per heavy atom. The molecule has 1 N–H and O–H groups in total. The van der Waals surface area contributed by atoms with Crippen LogP contribution in [0.4, 0.5) is 0 Å². The number of furan rings is 1. The quantitative estimate of drug-likeness (QED) is 0.875. The molecular formula is C10H9ClO2S. The summed E-state index contributed by atoms with van der Waals surface area (Å²) in [6, 6.07) is 3.59. The maximum atomic E-state index is 9.79. The van der Waals surface area contributed by atoms with E-state index < -0.39 is 6.10 Å². The number of hydrogen-bond acceptors (Lipinski definition) is 3. The normalized spacial score (nSPS) is 13.0. The Morgan fingerprint density at radius 2 is 2.36 bits per heavy atom. The minimum absolute atomic E-state index is 0.537. The van der Waals surface area contributed by atoms with Crippen molar-refractivity contribution < 1.29 is 9.52 Å². The van der Waals surface area contributed by atoms with Gasteiger partial charge in [-0.25, -0.2) is 0 Å². The Hall–Kier alpha value is -0.770. The molecule has 0 aromatic carbocycles. The van der Waals surface area contributed by atoms with Gasteiger partial charge in [0, 0.05) is 16.9 Å². The first-order valence-corrected chi connectivity index (χ1v) is 5.45. The first kappa shape index (κ1) is 9.77. The summed E-state index contributed by atoms with van der Waals surface area (Å²) < 4.78 is 4.90. The molecule has 0 aliphatic heterocycles. The van der Waals surface area contributed by atoms with Crippen LogP contribution in [0.2, 0.25) is 5.02 Å². The van der Waals surface area contributed by atoms with Gasteiger partial charge in [0.2, 0.25) is 0 Å². The zero-order valence-electron chi connectivity index (χ0n) is 7.31. The predicted molar refractivity (Wildman–Crippen MR) is 56.7 cm³/mol. The summed E-state index contributed by atoms with van der Waals surface area (Å²) in [6.45, 7) is 0. The molecule has 1 atom stereocenters. The van der Waals surface area contributed by atoms with Crippen LogP contribution >= 0.6 is 22.9 Å². The number of aliphatic hydroxyl groups is 1. The summed E-state index contributed by atoms with van der Waals surface area (Å²) >= 11 is 7.47. The number of thiophene rings is 1. The fraction of sp³-hybridized carbons (Fsp3) is 0.200. The molecule has 2 nitrogen and oxygen atoms in total. The van der Waals surface area contributed by atoms with Gasteiger partial charge < -0.3 is 9.52 Å². The summed E-state index contributed by atoms with van der Waals surface area (Å²) in [5.74, 6) is 0. The van der Waals surface area contributed by atoms with Gasteiger partial charge in [-0.1, -0.05) is 11.6 Å². The smallest absolute Gasteiger partial charge is 0.0960 e. The molecule has 0 fully saturated rings. The maximum absolute atomic E-state index is 9.79. The molecule has 0 aliphatic rings. The SMILES string of the molecule is OC(Cc1sccc1Cl)c1ccoc1. The van der Waals surface area contributed by atoms with Gasteiger partial charge in [0.25, 0.3) is 0 Å². The van der Waals surface area contributed by atoms with E-state index in [1.165, 1.54) is 0 Å². The first-order valence-electron chi connectivity index (χ1n) is 4.19. The van der Waals surface area contributed by atoms with Crippen molar-refractivity contribution in [1.82, 2.24) is 0 Å². The van der Waals surface area contributed by atoms with Crippen LogP contribution < -0.4 is 0 Å². The third-order valence-electron chi connectivity index (χ3n) is 2.00. The fourth-order valence-electron chi connectivity index (χ4n) is 1.23. The summed E-state index contributed by atoms with van der Waals surface area (Å²) in [4.78, 5) is 1.00. The van der Waals surface area contributed by atoms with E-state index in [1.54, 1.807) is 29.9 Å². The van der Waals surface area contributed by atoms with Gasteiger partial charge in [-0.2, -0.15) is 0 Å². The second kappa shape index (κ2) is 4.17. The van der Waals surface area contributed by atoms with E-state index in [0.717, 1.165) is 15.5 Å². The average molecular weight is 229 g/mol. The van der Waals surface area contributed by atoms with Crippen LogP contribution in [0, 0.1) is 0 Å². The molecule has 2 aromatic rings. The zero-order chi connectivity index (χ0) is 9.97. The second-order valence-corrected chi connectivity index (χ2v) is 4.38. The van der Waals surface area contributed by atoms with Crippen molar-refractivity contribution in [3.8, 4) is 0 Å². The van der Waals surface area contributed by atoms with E-state index in [4.69, 9.17) is 16.0 Å². The summed E-state index contributed by atoms with van der Waals surface area (Å²) in [5, 5.41) is 12.4. The summed E-state index contributed by atoms with van der Waals surface area (Å²) in [7, 11) is 0. The van der Waals surface area contributed by atoms with E-state index >= 15 is 0 Å². The largest absolute Gasteiger partial charge is 0.472 e. The lowest BCUT2D eigenvalue weighted by Crippen LogP contribution is -1.98. The molecule has 0 amide bonds. The number of aliphatic hydroxyl groups excluding tert-OH is 1. The number of rotatable bonds is 3. The van der Waals surface area contributed by atoms with Gasteiger partial charge in [0.15, 0.2) is 0 Å². The van der Waals surface area contributed by atoms with Crippen LogP contribution in [0.5, 0.6) is 0 Å². The van der Waals surface area contributed by atoms with Crippen molar-refractivity contribution >= 4 is 22.9 Å². The maximum Gasteiger partial charge on any atom is 0.0960 e. The number of hydrogen-bond donors (Lipinski definition) is 1. The molecule has 1 unspecified atom stereocenters. The Bertz CT molecular complexity index is 394. The van der Waals surface area contributed by atoms with E-state index in [9.17, 15) is 5.11 Å². The Labute approximate surface area is 90.8 Å². The van der Waals surface area contributed by atoms with Gasteiger partial charge >= 0.3 is 0 Å². The van der Waals surface area contributed by atoms with Gasteiger partial charge in [-0.3, -0.25) is 0 Å². The van der Waals surface area contributed by atoms with Crippen LogP contribution in [-0.2, 0) is 6.42 Å². The summed E-state index contributed by atoms with van der Waals surface area (Å²) in [5.41, 5.74) is 0.787. The fourth-order valence-corrected chi connectivity index (χ4v) is 2.38. The zero-order valence-corrected chi connectivity index (χ0v) is 8.89. The van der Waals surface area contributed by atoms with E-state index in [1.807, 2.05) is 11.4 Å². The minimum Gasteiger partial charge on any atom is -0.472 e. The molecule has 0 aliphatic carbocycles. The third-order valence-corrected chi connectivity index (χ3v) is 3.41. The van der Waals surface area contributed by atoms with Gasteiger partial charge in [0.1, 0.15) is 0 Å². The lowest BCUT2D eigenvalue weighted by Gasteiger charge is -2.06. The van der Waals surface area contributed by atoms with E-state index in [0.29, 0.717) is 6.42 Å². The highest BCUT2D eigenvalue weighted by Crippen LogP contribution is 2.27. The van der Waals surface area contributed by atoms with Crippen molar-refractivity contribution in [2.45, 2.75) is 12.5 Å². The number of halogens is 1. The van der Waals surface area contributed by atoms with Crippen molar-refractivity contribution in [3.63, 3.8) is 0 Å².